The molecule has 0 aliphatic rings. The Hall–Kier alpha value is -1.14. The summed E-state index contributed by atoms with van der Waals surface area (Å²) in [7, 11) is 0. The lowest BCUT2D eigenvalue weighted by Gasteiger charge is -2.22. The quantitative estimate of drug-likeness (QED) is 0.0418. The lowest BCUT2D eigenvalue weighted by atomic mass is 10.0. The Balaban J connectivity index is 3.44. The third-order valence-corrected chi connectivity index (χ3v) is 13.4. The number of nitrogens with one attached hydrogen (secondary N) is 1. The number of esters is 1. The molecule has 0 saturated carbocycles. The fourth-order valence-corrected chi connectivity index (χ4v) is 9.05. The zero-order chi connectivity index (χ0) is 45.1. The minimum Gasteiger partial charge on any atom is -0.466 e. The number of carbonyl (C=O) groups is 2. The molecule has 0 aromatic carbocycles. The van der Waals surface area contributed by atoms with Gasteiger partial charge >= 0.3 is 5.97 Å². The third kappa shape index (κ3) is 48.3. The number of amides is 1. The van der Waals surface area contributed by atoms with Gasteiger partial charge in [0.15, 0.2) is 0 Å². The molecular weight excluding hydrogens is 767 g/mol. The number of rotatable bonds is 53. The van der Waals surface area contributed by atoms with Crippen LogP contribution in [0.25, 0.3) is 0 Å². The molecule has 0 spiro atoms. The smallest absolute Gasteiger partial charge is 0.305 e. The van der Waals surface area contributed by atoms with Crippen LogP contribution in [-0.2, 0) is 14.3 Å². The Labute approximate surface area is 387 Å². The summed E-state index contributed by atoms with van der Waals surface area (Å²) in [5.74, 6) is -0.0519. The summed E-state index contributed by atoms with van der Waals surface area (Å²) in [6, 6.07) is -0.552. The number of unbranched alkanes of at least 4 members (excludes halogenated alkanes) is 42. The van der Waals surface area contributed by atoms with Crippen molar-refractivity contribution in [2.75, 3.05) is 13.2 Å². The SMILES string of the molecule is CCCCCCCCCCCCCCCCCCCCC(O)C(CO)NC(=O)CCCCCCCCCCCCCCOC(=O)CCCCCCCCCCCCCCCCC. The lowest BCUT2D eigenvalue weighted by molar-refractivity contribution is -0.143. The van der Waals surface area contributed by atoms with Crippen molar-refractivity contribution in [3.05, 3.63) is 0 Å². The molecule has 0 fully saturated rings. The molecule has 0 heterocycles. The van der Waals surface area contributed by atoms with Gasteiger partial charge in [0, 0.05) is 12.8 Å². The number of aliphatic hydroxyl groups is 2. The number of aliphatic hydroxyl groups excluding tert-OH is 2. The average molecular weight is 879 g/mol. The number of hydrogen-bond donors (Lipinski definition) is 3. The molecule has 62 heavy (non-hydrogen) atoms. The van der Waals surface area contributed by atoms with Gasteiger partial charge in [0.25, 0.3) is 0 Å². The number of ether oxygens (including phenoxy) is 1. The van der Waals surface area contributed by atoms with Crippen molar-refractivity contribution in [3.63, 3.8) is 0 Å². The first-order valence-corrected chi connectivity index (χ1v) is 28.3. The van der Waals surface area contributed by atoms with E-state index in [0.717, 1.165) is 57.8 Å². The second-order valence-electron chi connectivity index (χ2n) is 19.6. The first-order valence-electron chi connectivity index (χ1n) is 28.3. The monoisotopic (exact) mass is 878 g/mol. The minimum atomic E-state index is -0.673. The second-order valence-corrected chi connectivity index (χ2v) is 19.6. The number of carbonyl (C=O) groups excluding carboxylic acids is 2. The third-order valence-electron chi connectivity index (χ3n) is 13.4. The molecule has 0 radical (unpaired) electrons. The fourth-order valence-electron chi connectivity index (χ4n) is 9.05. The van der Waals surface area contributed by atoms with Gasteiger partial charge in [-0.15, -0.1) is 0 Å². The van der Waals surface area contributed by atoms with Crippen molar-refractivity contribution >= 4 is 11.9 Å². The summed E-state index contributed by atoms with van der Waals surface area (Å²) in [5, 5.41) is 23.3. The molecule has 6 nitrogen and oxygen atoms in total. The molecule has 370 valence electrons. The van der Waals surface area contributed by atoms with E-state index in [1.54, 1.807) is 0 Å². The highest BCUT2D eigenvalue weighted by Gasteiger charge is 2.20. The van der Waals surface area contributed by atoms with Crippen LogP contribution in [0.15, 0.2) is 0 Å². The van der Waals surface area contributed by atoms with E-state index < -0.39 is 12.1 Å². The van der Waals surface area contributed by atoms with Gasteiger partial charge in [-0.25, -0.2) is 0 Å². The van der Waals surface area contributed by atoms with Gasteiger partial charge in [-0.05, 0) is 25.7 Å². The van der Waals surface area contributed by atoms with Crippen LogP contribution in [-0.4, -0.2) is 47.4 Å². The van der Waals surface area contributed by atoms with Gasteiger partial charge in [-0.3, -0.25) is 9.59 Å². The average Bonchev–Trinajstić information content (AvgIpc) is 3.27. The summed E-state index contributed by atoms with van der Waals surface area (Å²) in [5.41, 5.74) is 0. The fraction of sp³-hybridized carbons (Fsp3) is 0.964. The van der Waals surface area contributed by atoms with Gasteiger partial charge in [0.1, 0.15) is 0 Å². The summed E-state index contributed by atoms with van der Waals surface area (Å²) < 4.78 is 5.47. The van der Waals surface area contributed by atoms with Crippen LogP contribution in [0.2, 0.25) is 0 Å². The van der Waals surface area contributed by atoms with Gasteiger partial charge in [0.05, 0.1) is 25.4 Å². The molecule has 0 aliphatic heterocycles. The lowest BCUT2D eigenvalue weighted by Crippen LogP contribution is -2.45. The van der Waals surface area contributed by atoms with Crippen LogP contribution in [0.5, 0.6) is 0 Å². The molecule has 0 aromatic heterocycles. The highest BCUT2D eigenvalue weighted by atomic mass is 16.5. The van der Waals surface area contributed by atoms with E-state index in [9.17, 15) is 19.8 Å². The van der Waals surface area contributed by atoms with Crippen molar-refractivity contribution < 1.29 is 24.5 Å². The molecule has 0 rings (SSSR count). The summed E-state index contributed by atoms with van der Waals surface area (Å²) in [6.07, 6.45) is 59.4. The van der Waals surface area contributed by atoms with Crippen LogP contribution in [0.4, 0.5) is 0 Å². The maximum absolute atomic E-state index is 12.5. The molecule has 0 saturated heterocycles. The van der Waals surface area contributed by atoms with Crippen LogP contribution >= 0.6 is 0 Å². The zero-order valence-corrected chi connectivity index (χ0v) is 42.1. The van der Waals surface area contributed by atoms with E-state index in [0.29, 0.717) is 25.9 Å². The van der Waals surface area contributed by atoms with E-state index in [1.165, 1.54) is 231 Å². The zero-order valence-electron chi connectivity index (χ0n) is 42.1. The Bertz CT molecular complexity index is 882. The molecule has 0 aromatic rings. The standard InChI is InChI=1S/C56H111NO5/c1-3-5-7-9-11-13-15-17-19-20-21-23-24-28-32-36-40-44-48-54(59)53(52-58)57-55(60)49-45-41-37-33-29-26-27-31-35-39-43-47-51-62-56(61)50-46-42-38-34-30-25-22-18-16-14-12-10-8-6-4-2/h53-54,58-59H,3-52H2,1-2H3,(H,57,60). The number of hydrogen-bond acceptors (Lipinski definition) is 5. The molecule has 0 aliphatic carbocycles. The van der Waals surface area contributed by atoms with Crippen LogP contribution in [0.1, 0.15) is 322 Å². The van der Waals surface area contributed by atoms with Gasteiger partial charge in [0.2, 0.25) is 5.91 Å². The van der Waals surface area contributed by atoms with Gasteiger partial charge in [-0.1, -0.05) is 284 Å². The Morgan fingerprint density at radius 1 is 0.387 bits per heavy atom. The van der Waals surface area contributed by atoms with Gasteiger partial charge < -0.3 is 20.3 Å². The van der Waals surface area contributed by atoms with E-state index in [2.05, 4.69) is 19.2 Å². The normalized spacial score (nSPS) is 12.5. The molecule has 6 heteroatoms. The highest BCUT2D eigenvalue weighted by molar-refractivity contribution is 5.76. The predicted molar refractivity (Wildman–Crippen MR) is 269 cm³/mol. The predicted octanol–water partition coefficient (Wildman–Crippen LogP) is 17.1. The van der Waals surface area contributed by atoms with E-state index >= 15 is 0 Å². The highest BCUT2D eigenvalue weighted by Crippen LogP contribution is 2.18. The van der Waals surface area contributed by atoms with Gasteiger partial charge in [-0.2, -0.15) is 0 Å². The van der Waals surface area contributed by atoms with Crippen molar-refractivity contribution in [2.24, 2.45) is 0 Å². The van der Waals surface area contributed by atoms with Crippen molar-refractivity contribution in [3.8, 4) is 0 Å². The van der Waals surface area contributed by atoms with Crippen LogP contribution in [0, 0.1) is 0 Å². The summed E-state index contributed by atoms with van der Waals surface area (Å²) in [6.45, 7) is 4.95. The van der Waals surface area contributed by atoms with Crippen LogP contribution < -0.4 is 5.32 Å². The molecule has 2 unspecified atom stereocenters. The Morgan fingerprint density at radius 3 is 0.984 bits per heavy atom. The summed E-state index contributed by atoms with van der Waals surface area (Å²) >= 11 is 0. The minimum absolute atomic E-state index is 0.00515. The van der Waals surface area contributed by atoms with E-state index in [-0.39, 0.29) is 18.5 Å². The maximum atomic E-state index is 12.5. The molecule has 0 bridgehead atoms. The van der Waals surface area contributed by atoms with Crippen LogP contribution in [0.3, 0.4) is 0 Å². The Morgan fingerprint density at radius 2 is 0.661 bits per heavy atom. The second kappa shape index (κ2) is 52.5. The topological polar surface area (TPSA) is 95.9 Å². The first-order chi connectivity index (χ1) is 30.5. The Kier molecular flexibility index (Phi) is 51.5. The van der Waals surface area contributed by atoms with E-state index in [4.69, 9.17) is 4.74 Å². The van der Waals surface area contributed by atoms with Crippen molar-refractivity contribution in [1.29, 1.82) is 0 Å². The first kappa shape index (κ1) is 60.9. The largest absolute Gasteiger partial charge is 0.466 e. The van der Waals surface area contributed by atoms with Crippen molar-refractivity contribution in [2.45, 2.75) is 334 Å². The van der Waals surface area contributed by atoms with E-state index in [1.807, 2.05) is 0 Å². The molecule has 3 N–H and O–H groups in total. The maximum Gasteiger partial charge on any atom is 0.305 e. The molecular formula is C56H111NO5. The van der Waals surface area contributed by atoms with Crippen molar-refractivity contribution in [1.82, 2.24) is 5.32 Å². The summed E-state index contributed by atoms with van der Waals surface area (Å²) in [4.78, 5) is 24.5. The molecule has 2 atom stereocenters. The molecule has 1 amide bonds.